The Morgan fingerprint density at radius 1 is 1.14 bits per heavy atom. The molecule has 4 unspecified atom stereocenters. The molecule has 0 radical (unpaired) electrons. The monoisotopic (exact) mass is 322 g/mol. The SMILES string of the molecule is C#CCCCSC1C2CCC(C2)C1CCCCCCC(=O)O. The van der Waals surface area contributed by atoms with Crippen LogP contribution < -0.4 is 0 Å². The number of carbonyl (C=O) groups is 1. The number of unbranched alkanes of at least 4 members (excludes halogenated alkanes) is 4. The van der Waals surface area contributed by atoms with E-state index in [1.165, 1.54) is 44.3 Å². The van der Waals surface area contributed by atoms with Crippen LogP contribution in [0, 0.1) is 30.1 Å². The number of hydrogen-bond acceptors (Lipinski definition) is 2. The molecule has 0 heterocycles. The van der Waals surface area contributed by atoms with Gasteiger partial charge in [-0.1, -0.05) is 19.3 Å². The van der Waals surface area contributed by atoms with Crippen molar-refractivity contribution in [3.63, 3.8) is 0 Å². The summed E-state index contributed by atoms with van der Waals surface area (Å²) in [6, 6.07) is 0. The molecule has 0 aromatic heterocycles. The number of hydrogen-bond donors (Lipinski definition) is 1. The average molecular weight is 323 g/mol. The molecular weight excluding hydrogens is 292 g/mol. The molecule has 0 saturated heterocycles. The van der Waals surface area contributed by atoms with E-state index in [-0.39, 0.29) is 0 Å². The maximum Gasteiger partial charge on any atom is 0.303 e. The van der Waals surface area contributed by atoms with Crippen LogP contribution >= 0.6 is 11.8 Å². The van der Waals surface area contributed by atoms with Crippen molar-refractivity contribution >= 4 is 17.7 Å². The molecular formula is C19H30O2S. The number of carboxylic acid groups (broad SMARTS) is 1. The van der Waals surface area contributed by atoms with Crippen molar-refractivity contribution in [2.75, 3.05) is 5.75 Å². The second-order valence-electron chi connectivity index (χ2n) is 6.99. The van der Waals surface area contributed by atoms with Crippen LogP contribution in [0.4, 0.5) is 0 Å². The van der Waals surface area contributed by atoms with E-state index in [9.17, 15) is 4.79 Å². The van der Waals surface area contributed by atoms with E-state index in [0.717, 1.165) is 48.7 Å². The second-order valence-corrected chi connectivity index (χ2v) is 8.27. The first-order valence-electron chi connectivity index (χ1n) is 8.99. The standard InChI is InChI=1S/C19H30O2S/c1-2-3-8-13-22-19-16-12-11-15(14-16)17(19)9-6-4-5-7-10-18(20)21/h1,15-17,19H,3-14H2,(H,20,21). The molecule has 0 amide bonds. The highest BCUT2D eigenvalue weighted by atomic mass is 32.2. The van der Waals surface area contributed by atoms with Crippen molar-refractivity contribution < 1.29 is 9.90 Å². The van der Waals surface area contributed by atoms with Gasteiger partial charge in [0.1, 0.15) is 0 Å². The van der Waals surface area contributed by atoms with Gasteiger partial charge in [-0.05, 0) is 62.0 Å². The van der Waals surface area contributed by atoms with E-state index < -0.39 is 5.97 Å². The van der Waals surface area contributed by atoms with Crippen LogP contribution in [0.5, 0.6) is 0 Å². The molecule has 0 aromatic rings. The van der Waals surface area contributed by atoms with Gasteiger partial charge < -0.3 is 5.11 Å². The van der Waals surface area contributed by atoms with Gasteiger partial charge in [0.25, 0.3) is 0 Å². The fraction of sp³-hybridized carbons (Fsp3) is 0.842. The van der Waals surface area contributed by atoms with Crippen molar-refractivity contribution in [1.82, 2.24) is 0 Å². The van der Waals surface area contributed by atoms with E-state index in [1.807, 2.05) is 0 Å². The van der Waals surface area contributed by atoms with Gasteiger partial charge in [-0.15, -0.1) is 12.3 Å². The molecule has 0 spiro atoms. The highest BCUT2D eigenvalue weighted by Crippen LogP contribution is 2.54. The third kappa shape index (κ3) is 5.23. The van der Waals surface area contributed by atoms with Crippen molar-refractivity contribution in [3.8, 4) is 12.3 Å². The van der Waals surface area contributed by atoms with Crippen LogP contribution in [0.1, 0.15) is 70.6 Å². The molecule has 3 heteroatoms. The number of aliphatic carboxylic acids is 1. The lowest BCUT2D eigenvalue weighted by Crippen LogP contribution is -2.25. The zero-order chi connectivity index (χ0) is 15.8. The van der Waals surface area contributed by atoms with Gasteiger partial charge in [-0.25, -0.2) is 0 Å². The van der Waals surface area contributed by atoms with Gasteiger partial charge in [-0.2, -0.15) is 11.8 Å². The number of thioether (sulfide) groups is 1. The summed E-state index contributed by atoms with van der Waals surface area (Å²) >= 11 is 2.19. The first kappa shape index (κ1) is 17.7. The lowest BCUT2D eigenvalue weighted by Gasteiger charge is -2.31. The molecule has 2 aliphatic rings. The Balaban J connectivity index is 1.64. The van der Waals surface area contributed by atoms with Gasteiger partial charge >= 0.3 is 5.97 Å². The van der Waals surface area contributed by atoms with E-state index in [2.05, 4.69) is 17.7 Å². The first-order chi connectivity index (χ1) is 10.7. The van der Waals surface area contributed by atoms with Gasteiger partial charge in [-0.3, -0.25) is 4.79 Å². The predicted octanol–water partition coefficient (Wildman–Crippen LogP) is 4.97. The van der Waals surface area contributed by atoms with Gasteiger partial charge in [0.2, 0.25) is 0 Å². The summed E-state index contributed by atoms with van der Waals surface area (Å²) in [5.41, 5.74) is 0. The van der Waals surface area contributed by atoms with Gasteiger partial charge in [0.05, 0.1) is 0 Å². The van der Waals surface area contributed by atoms with Crippen LogP contribution in [-0.2, 0) is 4.79 Å². The van der Waals surface area contributed by atoms with Gasteiger partial charge in [0.15, 0.2) is 0 Å². The molecule has 2 nitrogen and oxygen atoms in total. The Morgan fingerprint density at radius 3 is 2.68 bits per heavy atom. The zero-order valence-electron chi connectivity index (χ0n) is 13.6. The van der Waals surface area contributed by atoms with E-state index in [1.54, 1.807) is 0 Å². The third-order valence-electron chi connectivity index (χ3n) is 5.46. The third-order valence-corrected chi connectivity index (χ3v) is 7.10. The van der Waals surface area contributed by atoms with E-state index in [0.29, 0.717) is 6.42 Å². The average Bonchev–Trinajstić information content (AvgIpc) is 3.08. The summed E-state index contributed by atoms with van der Waals surface area (Å²) in [6.45, 7) is 0. The minimum absolute atomic E-state index is 0.335. The smallest absolute Gasteiger partial charge is 0.303 e. The van der Waals surface area contributed by atoms with Crippen LogP contribution in [0.25, 0.3) is 0 Å². The van der Waals surface area contributed by atoms with Crippen molar-refractivity contribution in [3.05, 3.63) is 0 Å². The molecule has 124 valence electrons. The van der Waals surface area contributed by atoms with E-state index in [4.69, 9.17) is 11.5 Å². The first-order valence-corrected chi connectivity index (χ1v) is 10.0. The summed E-state index contributed by atoms with van der Waals surface area (Å²) in [5, 5.41) is 9.54. The molecule has 4 atom stereocenters. The summed E-state index contributed by atoms with van der Waals surface area (Å²) in [5.74, 6) is 6.19. The molecule has 0 aromatic carbocycles. The molecule has 2 bridgehead atoms. The summed E-state index contributed by atoms with van der Waals surface area (Å²) in [6.07, 6.45) is 17.9. The Bertz CT molecular complexity index is 387. The van der Waals surface area contributed by atoms with Crippen LogP contribution in [0.15, 0.2) is 0 Å². The number of carboxylic acids is 1. The fourth-order valence-corrected chi connectivity index (χ4v) is 6.13. The topological polar surface area (TPSA) is 37.3 Å². The lowest BCUT2D eigenvalue weighted by molar-refractivity contribution is -0.137. The zero-order valence-corrected chi connectivity index (χ0v) is 14.5. The highest BCUT2D eigenvalue weighted by Gasteiger charge is 2.46. The molecule has 2 aliphatic carbocycles. The largest absolute Gasteiger partial charge is 0.481 e. The minimum Gasteiger partial charge on any atom is -0.481 e. The predicted molar refractivity (Wildman–Crippen MR) is 94.0 cm³/mol. The molecule has 22 heavy (non-hydrogen) atoms. The molecule has 2 fully saturated rings. The molecule has 2 rings (SSSR count). The van der Waals surface area contributed by atoms with Crippen molar-refractivity contribution in [2.24, 2.45) is 17.8 Å². The van der Waals surface area contributed by atoms with E-state index >= 15 is 0 Å². The summed E-state index contributed by atoms with van der Waals surface area (Å²) in [7, 11) is 0. The lowest BCUT2D eigenvalue weighted by atomic mass is 9.84. The number of terminal acetylenes is 1. The quantitative estimate of drug-likeness (QED) is 0.431. The van der Waals surface area contributed by atoms with Gasteiger partial charge in [0, 0.05) is 18.1 Å². The Hall–Kier alpha value is -0.620. The maximum atomic E-state index is 10.5. The Labute approximate surface area is 139 Å². The maximum absolute atomic E-state index is 10.5. The van der Waals surface area contributed by atoms with Crippen LogP contribution in [-0.4, -0.2) is 22.1 Å². The minimum atomic E-state index is -0.656. The second kappa shape index (κ2) is 9.50. The van der Waals surface area contributed by atoms with Crippen molar-refractivity contribution in [1.29, 1.82) is 0 Å². The normalized spacial score (nSPS) is 29.6. The van der Waals surface area contributed by atoms with Crippen molar-refractivity contribution in [2.45, 2.75) is 75.9 Å². The number of rotatable bonds is 11. The van der Waals surface area contributed by atoms with Crippen LogP contribution in [0.2, 0.25) is 0 Å². The van der Waals surface area contributed by atoms with Crippen LogP contribution in [0.3, 0.4) is 0 Å². The Morgan fingerprint density at radius 2 is 1.91 bits per heavy atom. The molecule has 1 N–H and O–H groups in total. The summed E-state index contributed by atoms with van der Waals surface area (Å²) < 4.78 is 0. The molecule has 2 saturated carbocycles. The molecule has 0 aliphatic heterocycles. The fourth-order valence-electron chi connectivity index (χ4n) is 4.42. The number of fused-ring (bicyclic) bond motifs is 2. The summed E-state index contributed by atoms with van der Waals surface area (Å²) in [4.78, 5) is 10.5. The highest BCUT2D eigenvalue weighted by molar-refractivity contribution is 7.99. The Kier molecular flexibility index (Phi) is 7.66.